The van der Waals surface area contributed by atoms with Crippen LogP contribution in [0.3, 0.4) is 0 Å². The molecule has 1 atom stereocenters. The maximum atomic E-state index is 12.8. The molecule has 0 aromatic heterocycles. The van der Waals surface area contributed by atoms with Crippen LogP contribution < -0.4 is 19.7 Å². The standard InChI is InChI=1S/C25H22N2O4S/c1-15-6-8-20(10-16(15)2)27-23(28)13-32-25(27)18-4-3-5-19(11-18)26-24(29)17-7-9-21-22(12-17)31-14-30-21/h3-12,25H,13-14H2,1-2H3,(H,26,29). The van der Waals surface area contributed by atoms with Gasteiger partial charge in [-0.05, 0) is 73.0 Å². The molecular weight excluding hydrogens is 424 g/mol. The molecule has 1 unspecified atom stereocenters. The van der Waals surface area contributed by atoms with Crippen molar-refractivity contribution in [3.8, 4) is 11.5 Å². The van der Waals surface area contributed by atoms with E-state index in [1.165, 1.54) is 5.56 Å². The van der Waals surface area contributed by atoms with Crippen LogP contribution in [0.25, 0.3) is 0 Å². The van der Waals surface area contributed by atoms with Crippen molar-refractivity contribution in [3.05, 3.63) is 82.9 Å². The van der Waals surface area contributed by atoms with E-state index in [9.17, 15) is 9.59 Å². The first-order chi connectivity index (χ1) is 15.5. The normalized spacial score (nSPS) is 17.0. The Labute approximate surface area is 190 Å². The summed E-state index contributed by atoms with van der Waals surface area (Å²) in [5.41, 5.74) is 5.35. The highest BCUT2D eigenvalue weighted by Crippen LogP contribution is 2.42. The van der Waals surface area contributed by atoms with Crippen molar-refractivity contribution in [3.63, 3.8) is 0 Å². The van der Waals surface area contributed by atoms with E-state index in [1.807, 2.05) is 48.2 Å². The molecule has 0 spiro atoms. The summed E-state index contributed by atoms with van der Waals surface area (Å²) in [6.45, 7) is 4.27. The number of rotatable bonds is 4. The minimum absolute atomic E-state index is 0.0815. The lowest BCUT2D eigenvalue weighted by atomic mass is 10.1. The Balaban J connectivity index is 1.38. The van der Waals surface area contributed by atoms with E-state index < -0.39 is 0 Å². The maximum Gasteiger partial charge on any atom is 0.255 e. The van der Waals surface area contributed by atoms with Crippen molar-refractivity contribution in [2.75, 3.05) is 22.8 Å². The number of hydrogen-bond acceptors (Lipinski definition) is 5. The fourth-order valence-electron chi connectivity index (χ4n) is 3.84. The molecule has 3 aromatic carbocycles. The highest BCUT2D eigenvalue weighted by molar-refractivity contribution is 8.00. The van der Waals surface area contributed by atoms with Crippen molar-refractivity contribution >= 4 is 35.0 Å². The predicted octanol–water partition coefficient (Wildman–Crippen LogP) is 5.06. The van der Waals surface area contributed by atoms with Crippen LogP contribution in [-0.2, 0) is 4.79 Å². The molecule has 2 aliphatic heterocycles. The van der Waals surface area contributed by atoms with E-state index in [1.54, 1.807) is 30.0 Å². The molecule has 2 heterocycles. The Morgan fingerprint density at radius 3 is 2.69 bits per heavy atom. The second kappa shape index (κ2) is 8.24. The molecule has 32 heavy (non-hydrogen) atoms. The number of anilines is 2. The summed E-state index contributed by atoms with van der Waals surface area (Å²) >= 11 is 1.59. The van der Waals surface area contributed by atoms with Crippen LogP contribution in [0.15, 0.2) is 60.7 Å². The Bertz CT molecular complexity index is 1230. The number of nitrogens with zero attached hydrogens (tertiary/aromatic N) is 1. The molecule has 2 aliphatic rings. The van der Waals surface area contributed by atoms with Gasteiger partial charge in [0, 0.05) is 16.9 Å². The number of thioether (sulfide) groups is 1. The van der Waals surface area contributed by atoms with Gasteiger partial charge in [-0.25, -0.2) is 0 Å². The molecule has 1 saturated heterocycles. The van der Waals surface area contributed by atoms with E-state index in [0.29, 0.717) is 28.5 Å². The number of hydrogen-bond donors (Lipinski definition) is 1. The van der Waals surface area contributed by atoms with E-state index in [0.717, 1.165) is 16.8 Å². The van der Waals surface area contributed by atoms with Crippen molar-refractivity contribution in [1.29, 1.82) is 0 Å². The minimum Gasteiger partial charge on any atom is -0.454 e. The molecule has 0 saturated carbocycles. The molecule has 162 valence electrons. The van der Waals surface area contributed by atoms with Gasteiger partial charge in [0.25, 0.3) is 5.91 Å². The van der Waals surface area contributed by atoms with E-state index in [-0.39, 0.29) is 24.0 Å². The highest BCUT2D eigenvalue weighted by Gasteiger charge is 2.34. The van der Waals surface area contributed by atoms with Gasteiger partial charge >= 0.3 is 0 Å². The van der Waals surface area contributed by atoms with Crippen LogP contribution in [0.5, 0.6) is 11.5 Å². The monoisotopic (exact) mass is 446 g/mol. The van der Waals surface area contributed by atoms with Gasteiger partial charge < -0.3 is 14.8 Å². The van der Waals surface area contributed by atoms with E-state index in [2.05, 4.69) is 18.3 Å². The van der Waals surface area contributed by atoms with Crippen LogP contribution in [0.4, 0.5) is 11.4 Å². The van der Waals surface area contributed by atoms with Crippen LogP contribution >= 0.6 is 11.8 Å². The molecule has 5 rings (SSSR count). The molecule has 0 radical (unpaired) electrons. The molecule has 0 aliphatic carbocycles. The summed E-state index contributed by atoms with van der Waals surface area (Å²) in [7, 11) is 0. The molecule has 1 fully saturated rings. The molecule has 7 heteroatoms. The summed E-state index contributed by atoms with van der Waals surface area (Å²) < 4.78 is 10.7. The van der Waals surface area contributed by atoms with Crippen molar-refractivity contribution < 1.29 is 19.1 Å². The second-order valence-corrected chi connectivity index (χ2v) is 8.91. The molecule has 0 bridgehead atoms. The van der Waals surface area contributed by atoms with Crippen molar-refractivity contribution in [2.45, 2.75) is 19.2 Å². The number of nitrogens with one attached hydrogen (secondary N) is 1. The Morgan fingerprint density at radius 1 is 1.00 bits per heavy atom. The van der Waals surface area contributed by atoms with Crippen LogP contribution in [0.2, 0.25) is 0 Å². The summed E-state index contributed by atoms with van der Waals surface area (Å²) in [5, 5.41) is 2.80. The topological polar surface area (TPSA) is 67.9 Å². The minimum atomic E-state index is -0.235. The van der Waals surface area contributed by atoms with Gasteiger partial charge in [0.05, 0.1) is 5.75 Å². The highest BCUT2D eigenvalue weighted by atomic mass is 32.2. The van der Waals surface area contributed by atoms with Crippen molar-refractivity contribution in [1.82, 2.24) is 0 Å². The average molecular weight is 447 g/mol. The van der Waals surface area contributed by atoms with Crippen LogP contribution in [-0.4, -0.2) is 24.4 Å². The third-order valence-corrected chi connectivity index (χ3v) is 6.91. The maximum absolute atomic E-state index is 12.8. The third kappa shape index (κ3) is 3.80. The van der Waals surface area contributed by atoms with Gasteiger partial charge in [-0.3, -0.25) is 14.5 Å². The lowest BCUT2D eigenvalue weighted by molar-refractivity contribution is -0.115. The smallest absolute Gasteiger partial charge is 0.255 e. The molecule has 3 aromatic rings. The summed E-state index contributed by atoms with van der Waals surface area (Å²) in [6.07, 6.45) is 0. The van der Waals surface area contributed by atoms with Gasteiger partial charge in [-0.2, -0.15) is 0 Å². The second-order valence-electron chi connectivity index (χ2n) is 7.84. The largest absolute Gasteiger partial charge is 0.454 e. The summed E-state index contributed by atoms with van der Waals surface area (Å²) in [6, 6.07) is 18.9. The zero-order valence-electron chi connectivity index (χ0n) is 17.8. The van der Waals surface area contributed by atoms with Gasteiger partial charge in [-0.1, -0.05) is 18.2 Å². The zero-order valence-corrected chi connectivity index (χ0v) is 18.6. The summed E-state index contributed by atoms with van der Waals surface area (Å²) in [4.78, 5) is 27.3. The van der Waals surface area contributed by atoms with Gasteiger partial charge in [-0.15, -0.1) is 11.8 Å². The number of amides is 2. The van der Waals surface area contributed by atoms with Gasteiger partial charge in [0.2, 0.25) is 12.7 Å². The molecule has 6 nitrogen and oxygen atoms in total. The number of carbonyl (C=O) groups excluding carboxylic acids is 2. The first kappa shape index (κ1) is 20.5. The average Bonchev–Trinajstić information content (AvgIpc) is 3.41. The molecule has 2 amide bonds. The zero-order chi connectivity index (χ0) is 22.2. The van der Waals surface area contributed by atoms with E-state index in [4.69, 9.17) is 9.47 Å². The fourth-order valence-corrected chi connectivity index (χ4v) is 5.00. The third-order valence-electron chi connectivity index (χ3n) is 5.70. The SMILES string of the molecule is Cc1ccc(N2C(=O)CSC2c2cccc(NC(=O)c3ccc4c(c3)OCO4)c2)cc1C. The van der Waals surface area contributed by atoms with Gasteiger partial charge in [0.15, 0.2) is 11.5 Å². The van der Waals surface area contributed by atoms with Crippen LogP contribution in [0.1, 0.15) is 32.4 Å². The van der Waals surface area contributed by atoms with E-state index >= 15 is 0 Å². The number of ether oxygens (including phenoxy) is 2. The molecular formula is C25H22N2O4S. The quantitative estimate of drug-likeness (QED) is 0.607. The Hall–Kier alpha value is -3.45. The lowest BCUT2D eigenvalue weighted by Crippen LogP contribution is -2.28. The van der Waals surface area contributed by atoms with Crippen LogP contribution in [0, 0.1) is 13.8 Å². The first-order valence-corrected chi connectivity index (χ1v) is 11.4. The summed E-state index contributed by atoms with van der Waals surface area (Å²) in [5.74, 6) is 1.47. The lowest BCUT2D eigenvalue weighted by Gasteiger charge is -2.25. The number of benzene rings is 3. The Morgan fingerprint density at radius 2 is 1.84 bits per heavy atom. The number of carbonyl (C=O) groups is 2. The Kier molecular flexibility index (Phi) is 5.27. The van der Waals surface area contributed by atoms with Gasteiger partial charge in [0.1, 0.15) is 5.37 Å². The molecule has 1 N–H and O–H groups in total. The van der Waals surface area contributed by atoms with Crippen molar-refractivity contribution in [2.24, 2.45) is 0 Å². The first-order valence-electron chi connectivity index (χ1n) is 10.3. The predicted molar refractivity (Wildman–Crippen MR) is 126 cm³/mol. The number of fused-ring (bicyclic) bond motifs is 1. The number of aryl methyl sites for hydroxylation is 2. The fraction of sp³-hybridized carbons (Fsp3) is 0.200.